The molecule has 5 nitrogen and oxygen atoms in total. The van der Waals surface area contributed by atoms with Crippen molar-refractivity contribution in [2.45, 2.75) is 11.3 Å². The smallest absolute Gasteiger partial charge is 0.234 e. The van der Waals surface area contributed by atoms with Crippen LogP contribution in [-0.4, -0.2) is 27.6 Å². The lowest BCUT2D eigenvalue weighted by atomic mass is 10.0. The zero-order valence-electron chi connectivity index (χ0n) is 13.4. The van der Waals surface area contributed by atoms with Crippen molar-refractivity contribution >= 4 is 40.5 Å². The highest BCUT2D eigenvalue weighted by molar-refractivity contribution is 8.01. The molecule has 1 aromatic heterocycles. The predicted octanol–water partition coefficient (Wildman–Crippen LogP) is 3.81. The van der Waals surface area contributed by atoms with Crippen molar-refractivity contribution < 1.29 is 9.59 Å². The third-order valence-corrected chi connectivity index (χ3v) is 5.29. The zero-order valence-corrected chi connectivity index (χ0v) is 15.1. The van der Waals surface area contributed by atoms with Crippen molar-refractivity contribution in [2.24, 2.45) is 0 Å². The van der Waals surface area contributed by atoms with E-state index in [4.69, 9.17) is 0 Å². The molecular weight excluding hydrogens is 354 g/mol. The number of amides is 1. The second-order valence-corrected chi connectivity index (χ2v) is 7.57. The van der Waals surface area contributed by atoms with Gasteiger partial charge in [-0.05, 0) is 19.1 Å². The zero-order chi connectivity index (χ0) is 17.6. The van der Waals surface area contributed by atoms with E-state index in [1.807, 2.05) is 25.1 Å². The molecule has 0 fully saturated rings. The average molecular weight is 369 g/mol. The number of hydrogen-bond acceptors (Lipinski definition) is 6. The molecule has 3 aromatic rings. The third kappa shape index (κ3) is 4.52. The van der Waals surface area contributed by atoms with Gasteiger partial charge in [-0.2, -0.15) is 0 Å². The van der Waals surface area contributed by atoms with Crippen molar-refractivity contribution in [2.75, 3.05) is 11.1 Å². The highest BCUT2D eigenvalue weighted by atomic mass is 32.2. The molecule has 7 heteroatoms. The van der Waals surface area contributed by atoms with Crippen molar-refractivity contribution in [1.29, 1.82) is 0 Å². The minimum absolute atomic E-state index is 0.121. The Morgan fingerprint density at radius 3 is 2.48 bits per heavy atom. The standard InChI is InChI=1S/C18H15N3O2S2/c1-12-20-21-18(25-12)24-11-16(22)19-15-10-6-5-9-14(15)17(23)13-7-3-2-4-8-13/h2-10H,11H2,1H3,(H,19,22). The van der Waals surface area contributed by atoms with Gasteiger partial charge in [0.25, 0.3) is 0 Å². The van der Waals surface area contributed by atoms with Gasteiger partial charge in [-0.15, -0.1) is 10.2 Å². The maximum absolute atomic E-state index is 12.7. The number of nitrogens with zero attached hydrogens (tertiary/aromatic N) is 2. The lowest BCUT2D eigenvalue weighted by molar-refractivity contribution is -0.113. The van der Waals surface area contributed by atoms with E-state index in [0.717, 1.165) is 9.35 Å². The SMILES string of the molecule is Cc1nnc(SCC(=O)Nc2ccccc2C(=O)c2ccccc2)s1. The number of hydrogen-bond donors (Lipinski definition) is 1. The van der Waals surface area contributed by atoms with Crippen LogP contribution in [0.1, 0.15) is 20.9 Å². The number of carbonyl (C=O) groups excluding carboxylic acids is 2. The van der Waals surface area contributed by atoms with E-state index in [1.54, 1.807) is 36.4 Å². The van der Waals surface area contributed by atoms with E-state index in [2.05, 4.69) is 15.5 Å². The van der Waals surface area contributed by atoms with Crippen LogP contribution in [0.5, 0.6) is 0 Å². The predicted molar refractivity (Wildman–Crippen MR) is 100 cm³/mol. The summed E-state index contributed by atoms with van der Waals surface area (Å²) in [4.78, 5) is 24.9. The van der Waals surface area contributed by atoms with Crippen molar-refractivity contribution in [3.05, 3.63) is 70.7 Å². The molecule has 0 radical (unpaired) electrons. The summed E-state index contributed by atoms with van der Waals surface area (Å²) in [7, 11) is 0. The molecule has 0 atom stereocenters. The Hall–Kier alpha value is -2.51. The maximum atomic E-state index is 12.7. The topological polar surface area (TPSA) is 72.0 Å². The van der Waals surface area contributed by atoms with Crippen LogP contribution >= 0.6 is 23.1 Å². The van der Waals surface area contributed by atoms with E-state index >= 15 is 0 Å². The quantitative estimate of drug-likeness (QED) is 0.528. The van der Waals surface area contributed by atoms with Gasteiger partial charge >= 0.3 is 0 Å². The fourth-order valence-corrected chi connectivity index (χ4v) is 3.80. The number of aryl methyl sites for hydroxylation is 1. The van der Waals surface area contributed by atoms with Crippen LogP contribution in [0, 0.1) is 6.92 Å². The number of aromatic nitrogens is 2. The molecule has 0 bridgehead atoms. The van der Waals surface area contributed by atoms with Crippen LogP contribution in [0.3, 0.4) is 0 Å². The highest BCUT2D eigenvalue weighted by Crippen LogP contribution is 2.23. The normalized spacial score (nSPS) is 10.4. The number of ketones is 1. The Kier molecular flexibility index (Phi) is 5.57. The van der Waals surface area contributed by atoms with Crippen LogP contribution in [0.2, 0.25) is 0 Å². The van der Waals surface area contributed by atoms with Gasteiger partial charge in [-0.3, -0.25) is 9.59 Å². The number of rotatable bonds is 6. The van der Waals surface area contributed by atoms with Gasteiger partial charge < -0.3 is 5.32 Å². The number of thioether (sulfide) groups is 1. The molecular formula is C18H15N3O2S2. The van der Waals surface area contributed by atoms with Gasteiger partial charge in [0.05, 0.1) is 11.4 Å². The maximum Gasteiger partial charge on any atom is 0.234 e. The highest BCUT2D eigenvalue weighted by Gasteiger charge is 2.15. The number of nitrogens with one attached hydrogen (secondary N) is 1. The molecule has 126 valence electrons. The van der Waals surface area contributed by atoms with E-state index in [-0.39, 0.29) is 17.4 Å². The number of para-hydroxylation sites is 1. The molecule has 0 unspecified atom stereocenters. The van der Waals surface area contributed by atoms with Gasteiger partial charge in [0.15, 0.2) is 10.1 Å². The van der Waals surface area contributed by atoms with Crippen LogP contribution in [0.25, 0.3) is 0 Å². The van der Waals surface area contributed by atoms with Gasteiger partial charge in [0.2, 0.25) is 5.91 Å². The van der Waals surface area contributed by atoms with E-state index < -0.39 is 0 Å². The molecule has 25 heavy (non-hydrogen) atoms. The summed E-state index contributed by atoms with van der Waals surface area (Å²) < 4.78 is 0.751. The Morgan fingerprint density at radius 2 is 1.76 bits per heavy atom. The summed E-state index contributed by atoms with van der Waals surface area (Å²) in [5.74, 6) is -0.0993. The summed E-state index contributed by atoms with van der Waals surface area (Å²) in [5.41, 5.74) is 1.57. The minimum Gasteiger partial charge on any atom is -0.325 e. The number of carbonyl (C=O) groups is 2. The van der Waals surface area contributed by atoms with Crippen LogP contribution in [-0.2, 0) is 4.79 Å². The first-order chi connectivity index (χ1) is 12.1. The van der Waals surface area contributed by atoms with Crippen LogP contribution in [0.15, 0.2) is 58.9 Å². The first-order valence-corrected chi connectivity index (χ1v) is 9.35. The summed E-state index contributed by atoms with van der Waals surface area (Å²) >= 11 is 2.78. The minimum atomic E-state index is -0.189. The van der Waals surface area contributed by atoms with Gasteiger partial charge in [-0.1, -0.05) is 65.6 Å². The average Bonchev–Trinajstić information content (AvgIpc) is 3.06. The Balaban J connectivity index is 1.70. The molecule has 0 aliphatic rings. The van der Waals surface area contributed by atoms with Gasteiger partial charge in [-0.25, -0.2) is 0 Å². The molecule has 0 spiro atoms. The molecule has 0 aliphatic heterocycles. The van der Waals surface area contributed by atoms with Gasteiger partial charge in [0, 0.05) is 11.1 Å². The molecule has 0 saturated heterocycles. The molecule has 1 heterocycles. The summed E-state index contributed by atoms with van der Waals surface area (Å²) in [6.07, 6.45) is 0. The molecule has 3 rings (SSSR count). The lowest BCUT2D eigenvalue weighted by Gasteiger charge is -2.10. The largest absolute Gasteiger partial charge is 0.325 e. The summed E-state index contributed by atoms with van der Waals surface area (Å²) in [6, 6.07) is 16.0. The first-order valence-electron chi connectivity index (χ1n) is 7.55. The second-order valence-electron chi connectivity index (χ2n) is 5.16. The Bertz CT molecular complexity index is 894. The number of benzene rings is 2. The summed E-state index contributed by atoms with van der Waals surface area (Å²) in [6.45, 7) is 1.87. The summed E-state index contributed by atoms with van der Waals surface area (Å²) in [5, 5.41) is 11.6. The molecule has 1 amide bonds. The van der Waals surface area contributed by atoms with Crippen LogP contribution < -0.4 is 5.32 Å². The van der Waals surface area contributed by atoms with E-state index in [0.29, 0.717) is 16.8 Å². The second kappa shape index (κ2) is 8.04. The molecule has 0 saturated carbocycles. The number of anilines is 1. The van der Waals surface area contributed by atoms with Crippen molar-refractivity contribution in [1.82, 2.24) is 10.2 Å². The van der Waals surface area contributed by atoms with Gasteiger partial charge in [0.1, 0.15) is 5.01 Å². The Morgan fingerprint density at radius 1 is 1.04 bits per heavy atom. The van der Waals surface area contributed by atoms with Crippen molar-refractivity contribution in [3.63, 3.8) is 0 Å². The molecule has 1 N–H and O–H groups in total. The van der Waals surface area contributed by atoms with E-state index in [1.165, 1.54) is 23.1 Å². The van der Waals surface area contributed by atoms with E-state index in [9.17, 15) is 9.59 Å². The lowest BCUT2D eigenvalue weighted by Crippen LogP contribution is -2.16. The first kappa shape index (κ1) is 17.3. The Labute approximate surface area is 153 Å². The fraction of sp³-hybridized carbons (Fsp3) is 0.111. The fourth-order valence-electron chi connectivity index (χ4n) is 2.19. The third-order valence-electron chi connectivity index (χ3n) is 3.32. The van der Waals surface area contributed by atoms with Crippen LogP contribution in [0.4, 0.5) is 5.69 Å². The monoisotopic (exact) mass is 369 g/mol. The van der Waals surface area contributed by atoms with Crippen molar-refractivity contribution in [3.8, 4) is 0 Å². The molecule has 2 aromatic carbocycles. The molecule has 0 aliphatic carbocycles.